The molecule has 0 aromatic carbocycles. The summed E-state index contributed by atoms with van der Waals surface area (Å²) in [4.78, 5) is 51.8. The SMILES string of the molecule is C[C@@H]1CCN(C(=O)CC#N)C[C@@H]1N(C)c1ncnc2c1ccn2C(=O)N(C)CCOC(=O)C1CCCC1. The number of piperidine rings is 1. The van der Waals surface area contributed by atoms with Crippen LogP contribution in [0.2, 0.25) is 0 Å². The molecule has 0 unspecified atom stereocenters. The van der Waals surface area contributed by atoms with Crippen LogP contribution in [-0.2, 0) is 14.3 Å². The van der Waals surface area contributed by atoms with Crippen LogP contribution in [-0.4, -0.2) is 88.6 Å². The van der Waals surface area contributed by atoms with Crippen molar-refractivity contribution in [2.45, 2.75) is 51.5 Å². The van der Waals surface area contributed by atoms with Crippen LogP contribution < -0.4 is 4.90 Å². The zero-order valence-electron chi connectivity index (χ0n) is 21.8. The minimum absolute atomic E-state index is 0.00534. The van der Waals surface area contributed by atoms with Gasteiger partial charge in [0.15, 0.2) is 5.65 Å². The number of carbonyl (C=O) groups is 3. The number of nitrogens with zero attached hydrogens (tertiary/aromatic N) is 7. The lowest BCUT2D eigenvalue weighted by Gasteiger charge is -2.42. The Morgan fingerprint density at radius 3 is 2.68 bits per heavy atom. The van der Waals surface area contributed by atoms with Gasteiger partial charge in [0, 0.05) is 33.4 Å². The summed E-state index contributed by atoms with van der Waals surface area (Å²) in [5.74, 6) is 0.647. The van der Waals surface area contributed by atoms with Crippen molar-refractivity contribution in [3.8, 4) is 6.07 Å². The molecular formula is C26H35N7O4. The first-order chi connectivity index (χ1) is 17.8. The number of hydrogen-bond acceptors (Lipinski definition) is 8. The molecule has 0 spiro atoms. The second kappa shape index (κ2) is 11.6. The number of nitriles is 1. The second-order valence-corrected chi connectivity index (χ2v) is 10.1. The molecule has 37 heavy (non-hydrogen) atoms. The zero-order chi connectivity index (χ0) is 26.5. The van der Waals surface area contributed by atoms with E-state index in [9.17, 15) is 14.4 Å². The summed E-state index contributed by atoms with van der Waals surface area (Å²) >= 11 is 0. The Morgan fingerprint density at radius 1 is 1.19 bits per heavy atom. The Kier molecular flexibility index (Phi) is 8.26. The number of likely N-dealkylation sites (tertiary alicyclic amines) is 1. The number of carbonyl (C=O) groups excluding carboxylic acids is 3. The van der Waals surface area contributed by atoms with Crippen LogP contribution in [0.5, 0.6) is 0 Å². The van der Waals surface area contributed by atoms with Gasteiger partial charge in [-0.05, 0) is 31.2 Å². The van der Waals surface area contributed by atoms with Crippen LogP contribution in [0.3, 0.4) is 0 Å². The monoisotopic (exact) mass is 509 g/mol. The van der Waals surface area contributed by atoms with Crippen molar-refractivity contribution in [2.24, 2.45) is 11.8 Å². The lowest BCUT2D eigenvalue weighted by atomic mass is 9.92. The molecule has 4 rings (SSSR count). The first kappa shape index (κ1) is 26.4. The Balaban J connectivity index is 1.45. The largest absolute Gasteiger partial charge is 0.464 e. The normalized spacial score (nSPS) is 20.0. The van der Waals surface area contributed by atoms with Crippen molar-refractivity contribution in [1.82, 2.24) is 24.3 Å². The van der Waals surface area contributed by atoms with Crippen LogP contribution in [0, 0.1) is 23.2 Å². The van der Waals surface area contributed by atoms with Crippen molar-refractivity contribution in [2.75, 3.05) is 45.2 Å². The van der Waals surface area contributed by atoms with E-state index in [0.29, 0.717) is 30.5 Å². The molecule has 11 heteroatoms. The van der Waals surface area contributed by atoms with Gasteiger partial charge in [0.2, 0.25) is 5.91 Å². The number of anilines is 1. The third-order valence-electron chi connectivity index (χ3n) is 7.69. The lowest BCUT2D eigenvalue weighted by Crippen LogP contribution is -2.52. The van der Waals surface area contributed by atoms with Crippen molar-refractivity contribution in [3.63, 3.8) is 0 Å². The summed E-state index contributed by atoms with van der Waals surface area (Å²) < 4.78 is 6.87. The fraction of sp³-hybridized carbons (Fsp3) is 0.615. The Labute approximate surface area is 217 Å². The van der Waals surface area contributed by atoms with Crippen LogP contribution in [0.25, 0.3) is 11.0 Å². The third kappa shape index (κ3) is 5.68. The summed E-state index contributed by atoms with van der Waals surface area (Å²) in [6.07, 6.45) is 7.71. The second-order valence-electron chi connectivity index (χ2n) is 10.1. The molecule has 2 aromatic rings. The average Bonchev–Trinajstić information content (AvgIpc) is 3.58. The molecule has 3 heterocycles. The number of hydrogen-bond donors (Lipinski definition) is 0. The molecule has 2 fully saturated rings. The van der Waals surface area contributed by atoms with Gasteiger partial charge in [-0.3, -0.25) is 14.2 Å². The van der Waals surface area contributed by atoms with Gasteiger partial charge < -0.3 is 19.4 Å². The number of rotatable bonds is 7. The van der Waals surface area contributed by atoms with E-state index in [2.05, 4.69) is 16.9 Å². The zero-order valence-corrected chi connectivity index (χ0v) is 21.8. The number of likely N-dealkylation sites (N-methyl/N-ethyl adjacent to an activating group) is 2. The fourth-order valence-electron chi connectivity index (χ4n) is 5.33. The number of fused-ring (bicyclic) bond motifs is 1. The average molecular weight is 510 g/mol. The third-order valence-corrected chi connectivity index (χ3v) is 7.69. The molecule has 198 valence electrons. The molecule has 2 amide bonds. The fourth-order valence-corrected chi connectivity index (χ4v) is 5.33. The summed E-state index contributed by atoms with van der Waals surface area (Å²) in [5.41, 5.74) is 0.484. The van der Waals surface area contributed by atoms with Gasteiger partial charge in [0.25, 0.3) is 0 Å². The van der Waals surface area contributed by atoms with E-state index in [1.807, 2.05) is 24.1 Å². The van der Waals surface area contributed by atoms with Crippen molar-refractivity contribution < 1.29 is 19.1 Å². The predicted molar refractivity (Wildman–Crippen MR) is 137 cm³/mol. The highest BCUT2D eigenvalue weighted by molar-refractivity contribution is 5.94. The minimum Gasteiger partial charge on any atom is -0.464 e. The van der Waals surface area contributed by atoms with Gasteiger partial charge in [0.1, 0.15) is 25.2 Å². The molecule has 2 atom stereocenters. The highest BCUT2D eigenvalue weighted by Gasteiger charge is 2.33. The van der Waals surface area contributed by atoms with Crippen molar-refractivity contribution in [3.05, 3.63) is 18.6 Å². The van der Waals surface area contributed by atoms with Gasteiger partial charge in [-0.15, -0.1) is 0 Å². The molecule has 11 nitrogen and oxygen atoms in total. The van der Waals surface area contributed by atoms with Crippen molar-refractivity contribution in [1.29, 1.82) is 5.26 Å². The molecule has 2 aliphatic rings. The summed E-state index contributed by atoms with van der Waals surface area (Å²) in [7, 11) is 3.60. The first-order valence-electron chi connectivity index (χ1n) is 12.9. The van der Waals surface area contributed by atoms with E-state index in [0.717, 1.165) is 37.5 Å². The Hall–Kier alpha value is -3.68. The highest BCUT2D eigenvalue weighted by atomic mass is 16.5. The number of amides is 2. The molecule has 1 aliphatic carbocycles. The molecule has 0 N–H and O–H groups in total. The molecular weight excluding hydrogens is 474 g/mol. The molecule has 2 aromatic heterocycles. The smallest absolute Gasteiger partial charge is 0.329 e. The van der Waals surface area contributed by atoms with Gasteiger partial charge in [-0.2, -0.15) is 5.26 Å². The number of aromatic nitrogens is 3. The standard InChI is InChI=1S/C26H35N7O4/c1-18-9-12-32(22(34)8-11-27)16-21(18)31(3)23-20-10-13-33(24(20)29-17-28-23)26(36)30(2)14-15-37-25(35)19-6-4-5-7-19/h10,13,17-19,21H,4-9,12,14-16H2,1-3H3/t18-,21+/m1/s1. The van der Waals surface area contributed by atoms with E-state index in [4.69, 9.17) is 10.00 Å². The lowest BCUT2D eigenvalue weighted by molar-refractivity contribution is -0.148. The van der Waals surface area contributed by atoms with E-state index in [1.165, 1.54) is 15.8 Å². The van der Waals surface area contributed by atoms with Gasteiger partial charge >= 0.3 is 12.0 Å². The van der Waals surface area contributed by atoms with Gasteiger partial charge in [-0.1, -0.05) is 19.8 Å². The van der Waals surface area contributed by atoms with Crippen LogP contribution in [0.4, 0.5) is 10.6 Å². The summed E-state index contributed by atoms with van der Waals surface area (Å²) in [5, 5.41) is 9.64. The molecule has 1 aliphatic heterocycles. The quantitative estimate of drug-likeness (QED) is 0.522. The minimum atomic E-state index is -0.279. The predicted octanol–water partition coefficient (Wildman–Crippen LogP) is 2.65. The molecule has 1 saturated heterocycles. The topological polar surface area (TPSA) is 125 Å². The van der Waals surface area contributed by atoms with E-state index in [1.54, 1.807) is 18.1 Å². The number of esters is 1. The van der Waals surface area contributed by atoms with Crippen LogP contribution in [0.1, 0.15) is 45.4 Å². The van der Waals surface area contributed by atoms with E-state index in [-0.39, 0.29) is 49.4 Å². The Morgan fingerprint density at radius 2 is 1.95 bits per heavy atom. The number of ether oxygens (including phenoxy) is 1. The van der Waals surface area contributed by atoms with E-state index >= 15 is 0 Å². The first-order valence-corrected chi connectivity index (χ1v) is 12.9. The van der Waals surface area contributed by atoms with Crippen molar-refractivity contribution >= 4 is 34.8 Å². The van der Waals surface area contributed by atoms with Crippen LogP contribution in [0.15, 0.2) is 18.6 Å². The van der Waals surface area contributed by atoms with E-state index < -0.39 is 0 Å². The molecule has 0 bridgehead atoms. The summed E-state index contributed by atoms with van der Waals surface area (Å²) in [6.45, 7) is 3.72. The van der Waals surface area contributed by atoms with Gasteiger partial charge in [-0.25, -0.2) is 14.8 Å². The maximum atomic E-state index is 13.2. The van der Waals surface area contributed by atoms with Gasteiger partial charge in [0.05, 0.1) is 30.0 Å². The van der Waals surface area contributed by atoms with Crippen LogP contribution >= 0.6 is 0 Å². The molecule has 1 saturated carbocycles. The summed E-state index contributed by atoms with van der Waals surface area (Å²) in [6, 6.07) is 3.49. The molecule has 0 radical (unpaired) electrons. The maximum absolute atomic E-state index is 13.2. The highest BCUT2D eigenvalue weighted by Crippen LogP contribution is 2.30. The maximum Gasteiger partial charge on any atom is 0.329 e. The Bertz CT molecular complexity index is 1180.